The van der Waals surface area contributed by atoms with Crippen LogP contribution in [0, 0.1) is 10.8 Å². The summed E-state index contributed by atoms with van der Waals surface area (Å²) in [6.45, 7) is 11.2. The number of carbonyl (C=O) groups excluding carboxylic acids is 1. The van der Waals surface area contributed by atoms with E-state index in [1.807, 2.05) is 0 Å². The van der Waals surface area contributed by atoms with Crippen molar-refractivity contribution in [3.8, 4) is 0 Å². The molecule has 2 amide bonds. The van der Waals surface area contributed by atoms with Gasteiger partial charge in [0.25, 0.3) is 0 Å². The fourth-order valence-corrected chi connectivity index (χ4v) is 2.06. The lowest BCUT2D eigenvalue weighted by Gasteiger charge is -2.21. The number of urea groups is 1. The van der Waals surface area contributed by atoms with Gasteiger partial charge in [-0.05, 0) is 24.7 Å². The van der Waals surface area contributed by atoms with Crippen LogP contribution in [-0.2, 0) is 4.79 Å². The van der Waals surface area contributed by atoms with E-state index >= 15 is 0 Å². The van der Waals surface area contributed by atoms with Crippen molar-refractivity contribution in [1.29, 1.82) is 0 Å². The van der Waals surface area contributed by atoms with Crippen molar-refractivity contribution >= 4 is 12.0 Å². The minimum Gasteiger partial charge on any atom is -0.480 e. The van der Waals surface area contributed by atoms with E-state index < -0.39 is 17.5 Å². The summed E-state index contributed by atoms with van der Waals surface area (Å²) >= 11 is 0. The van der Waals surface area contributed by atoms with Gasteiger partial charge in [-0.25, -0.2) is 9.59 Å². The van der Waals surface area contributed by atoms with Crippen LogP contribution in [0.3, 0.4) is 0 Å². The highest BCUT2D eigenvalue weighted by Crippen LogP contribution is 2.62. The zero-order valence-electron chi connectivity index (χ0n) is 11.3. The molecule has 5 nitrogen and oxygen atoms in total. The number of amides is 2. The van der Waals surface area contributed by atoms with Crippen LogP contribution in [0.25, 0.3) is 0 Å². The second-order valence-electron chi connectivity index (χ2n) is 6.41. The van der Waals surface area contributed by atoms with Gasteiger partial charge in [-0.1, -0.05) is 27.7 Å². The predicted octanol–water partition coefficient (Wildman–Crippen LogP) is 1.58. The van der Waals surface area contributed by atoms with Crippen LogP contribution in [0.15, 0.2) is 0 Å². The first-order valence-electron chi connectivity index (χ1n) is 5.75. The SMILES string of the molecule is CC(C)(NC(=O)NC1C(C)(C)C1(C)C)C(=O)O. The lowest BCUT2D eigenvalue weighted by Crippen LogP contribution is -2.54. The van der Waals surface area contributed by atoms with Crippen LogP contribution in [0.1, 0.15) is 41.5 Å². The van der Waals surface area contributed by atoms with E-state index in [4.69, 9.17) is 5.11 Å². The zero-order chi connectivity index (χ0) is 13.6. The average molecular weight is 242 g/mol. The fraction of sp³-hybridized carbons (Fsp3) is 0.833. The highest BCUT2D eigenvalue weighted by molar-refractivity contribution is 5.85. The van der Waals surface area contributed by atoms with Crippen molar-refractivity contribution in [2.75, 3.05) is 0 Å². The van der Waals surface area contributed by atoms with Gasteiger partial charge in [0, 0.05) is 6.04 Å². The Morgan fingerprint density at radius 2 is 1.53 bits per heavy atom. The van der Waals surface area contributed by atoms with Gasteiger partial charge in [-0.3, -0.25) is 0 Å². The second-order valence-corrected chi connectivity index (χ2v) is 6.41. The Balaban J connectivity index is 2.57. The summed E-state index contributed by atoms with van der Waals surface area (Å²) in [4.78, 5) is 22.6. The molecule has 0 heterocycles. The molecule has 0 aromatic carbocycles. The van der Waals surface area contributed by atoms with Gasteiger partial charge in [0.2, 0.25) is 0 Å². The average Bonchev–Trinajstić information content (AvgIpc) is 2.46. The molecule has 0 bridgehead atoms. The van der Waals surface area contributed by atoms with Gasteiger partial charge < -0.3 is 15.7 Å². The number of nitrogens with one attached hydrogen (secondary N) is 2. The molecule has 0 saturated heterocycles. The Morgan fingerprint density at radius 1 is 1.12 bits per heavy atom. The molecule has 0 radical (unpaired) electrons. The van der Waals surface area contributed by atoms with Gasteiger partial charge in [-0.2, -0.15) is 0 Å². The van der Waals surface area contributed by atoms with E-state index in [1.165, 1.54) is 13.8 Å². The number of rotatable bonds is 3. The van der Waals surface area contributed by atoms with Crippen LogP contribution in [0.2, 0.25) is 0 Å². The molecule has 0 aliphatic heterocycles. The molecule has 5 heteroatoms. The summed E-state index contributed by atoms with van der Waals surface area (Å²) < 4.78 is 0. The number of carbonyl (C=O) groups is 2. The van der Waals surface area contributed by atoms with Crippen LogP contribution in [0.5, 0.6) is 0 Å². The standard InChI is InChI=1S/C12H22N2O3/c1-10(2)7(11(10,3)4)13-9(17)14-12(5,6)8(15)16/h7H,1-6H3,(H,15,16)(H2,13,14,17). The van der Waals surface area contributed by atoms with Crippen molar-refractivity contribution in [3.63, 3.8) is 0 Å². The summed E-state index contributed by atoms with van der Waals surface area (Å²) in [5.41, 5.74) is -1.18. The van der Waals surface area contributed by atoms with Gasteiger partial charge in [0.15, 0.2) is 0 Å². The predicted molar refractivity (Wildman–Crippen MR) is 64.7 cm³/mol. The monoisotopic (exact) mass is 242 g/mol. The smallest absolute Gasteiger partial charge is 0.328 e. The first kappa shape index (κ1) is 13.8. The Labute approximate surface area is 102 Å². The molecule has 98 valence electrons. The first-order chi connectivity index (χ1) is 7.43. The van der Waals surface area contributed by atoms with Gasteiger partial charge in [0.1, 0.15) is 5.54 Å². The normalized spacial score (nSPS) is 21.8. The molecule has 17 heavy (non-hydrogen) atoms. The summed E-state index contributed by atoms with van der Waals surface area (Å²) in [5.74, 6) is -1.05. The third-order valence-electron chi connectivity index (χ3n) is 4.26. The maximum atomic E-state index is 11.7. The van der Waals surface area contributed by atoms with Crippen molar-refractivity contribution < 1.29 is 14.7 Å². The van der Waals surface area contributed by atoms with Crippen LogP contribution < -0.4 is 10.6 Å². The van der Waals surface area contributed by atoms with Crippen LogP contribution in [0.4, 0.5) is 4.79 Å². The molecule has 1 fully saturated rings. The fourth-order valence-electron chi connectivity index (χ4n) is 2.06. The molecule has 3 N–H and O–H groups in total. The third-order valence-corrected chi connectivity index (χ3v) is 4.26. The molecule has 0 unspecified atom stereocenters. The lowest BCUT2D eigenvalue weighted by atomic mass is 10.0. The Hall–Kier alpha value is -1.26. The minimum absolute atomic E-state index is 0.0394. The Kier molecular flexibility index (Phi) is 2.94. The van der Waals surface area contributed by atoms with E-state index in [0.717, 1.165) is 0 Å². The van der Waals surface area contributed by atoms with E-state index in [9.17, 15) is 9.59 Å². The Morgan fingerprint density at radius 3 is 1.82 bits per heavy atom. The molecule has 1 rings (SSSR count). The number of hydrogen-bond acceptors (Lipinski definition) is 2. The van der Waals surface area contributed by atoms with E-state index in [1.54, 1.807) is 0 Å². The van der Waals surface area contributed by atoms with Gasteiger partial charge in [-0.15, -0.1) is 0 Å². The maximum absolute atomic E-state index is 11.7. The largest absolute Gasteiger partial charge is 0.480 e. The summed E-state index contributed by atoms with van der Waals surface area (Å²) in [6.07, 6.45) is 0. The summed E-state index contributed by atoms with van der Waals surface area (Å²) in [5, 5.41) is 14.2. The molecular weight excluding hydrogens is 220 g/mol. The number of hydrogen-bond donors (Lipinski definition) is 3. The van der Waals surface area contributed by atoms with Crippen molar-refractivity contribution in [3.05, 3.63) is 0 Å². The van der Waals surface area contributed by atoms with Crippen LogP contribution >= 0.6 is 0 Å². The topological polar surface area (TPSA) is 78.4 Å². The Bertz CT molecular complexity index is 345. The van der Waals surface area contributed by atoms with Crippen molar-refractivity contribution in [2.24, 2.45) is 10.8 Å². The van der Waals surface area contributed by atoms with E-state index in [-0.39, 0.29) is 16.9 Å². The zero-order valence-corrected chi connectivity index (χ0v) is 11.3. The first-order valence-corrected chi connectivity index (χ1v) is 5.75. The van der Waals surface area contributed by atoms with Crippen LogP contribution in [-0.4, -0.2) is 28.7 Å². The highest BCUT2D eigenvalue weighted by Gasteiger charge is 2.65. The molecule has 0 aromatic rings. The summed E-state index contributed by atoms with van der Waals surface area (Å²) in [7, 11) is 0. The number of carboxylic acids is 1. The molecular formula is C12H22N2O3. The van der Waals surface area contributed by atoms with Gasteiger partial charge >= 0.3 is 12.0 Å². The molecule has 0 aromatic heterocycles. The second kappa shape index (κ2) is 3.62. The highest BCUT2D eigenvalue weighted by atomic mass is 16.4. The molecule has 1 aliphatic carbocycles. The number of carboxylic acid groups (broad SMARTS) is 1. The third kappa shape index (κ3) is 2.23. The van der Waals surface area contributed by atoms with Gasteiger partial charge in [0.05, 0.1) is 0 Å². The molecule has 1 saturated carbocycles. The summed E-state index contributed by atoms with van der Waals surface area (Å²) in [6, 6.07) is -0.361. The maximum Gasteiger partial charge on any atom is 0.328 e. The molecule has 1 aliphatic rings. The van der Waals surface area contributed by atoms with E-state index in [0.29, 0.717) is 0 Å². The van der Waals surface area contributed by atoms with Crippen molar-refractivity contribution in [1.82, 2.24) is 10.6 Å². The number of aliphatic carboxylic acids is 1. The van der Waals surface area contributed by atoms with E-state index in [2.05, 4.69) is 38.3 Å². The lowest BCUT2D eigenvalue weighted by molar-refractivity contribution is -0.142. The quantitative estimate of drug-likeness (QED) is 0.703. The molecule has 0 atom stereocenters. The van der Waals surface area contributed by atoms with Crippen molar-refractivity contribution in [2.45, 2.75) is 53.1 Å². The molecule has 0 spiro atoms. The minimum atomic E-state index is -1.26.